The lowest BCUT2D eigenvalue weighted by Crippen LogP contribution is -2.35. The first kappa shape index (κ1) is 11.4. The summed E-state index contributed by atoms with van der Waals surface area (Å²) in [5, 5.41) is 0. The van der Waals surface area contributed by atoms with Gasteiger partial charge in [-0.25, -0.2) is 0 Å². The summed E-state index contributed by atoms with van der Waals surface area (Å²) in [7, 11) is 1.72. The standard InChI is InChI=1S/C13H19NO2/c1-9(8-15-2)13-7-11(14)10-5-3-4-6-12(10)16-13/h3-6,9,11,13H,7-8,14H2,1-2H3/t9?,11-,13?/m1/s1. The van der Waals surface area contributed by atoms with Crippen molar-refractivity contribution in [1.82, 2.24) is 0 Å². The van der Waals surface area contributed by atoms with Gasteiger partial charge in [0.15, 0.2) is 0 Å². The third kappa shape index (κ3) is 2.20. The van der Waals surface area contributed by atoms with Crippen molar-refractivity contribution in [3.05, 3.63) is 29.8 Å². The van der Waals surface area contributed by atoms with E-state index in [0.717, 1.165) is 17.7 Å². The van der Waals surface area contributed by atoms with E-state index in [-0.39, 0.29) is 12.1 Å². The second-order valence-corrected chi connectivity index (χ2v) is 4.47. The predicted molar refractivity (Wildman–Crippen MR) is 63.4 cm³/mol. The first-order valence-corrected chi connectivity index (χ1v) is 5.72. The fourth-order valence-electron chi connectivity index (χ4n) is 2.20. The van der Waals surface area contributed by atoms with Crippen LogP contribution in [0.5, 0.6) is 5.75 Å². The fraction of sp³-hybridized carbons (Fsp3) is 0.538. The van der Waals surface area contributed by atoms with Crippen LogP contribution in [-0.2, 0) is 4.74 Å². The smallest absolute Gasteiger partial charge is 0.124 e. The monoisotopic (exact) mass is 221 g/mol. The van der Waals surface area contributed by atoms with Crippen LogP contribution in [0.25, 0.3) is 0 Å². The van der Waals surface area contributed by atoms with Crippen LogP contribution < -0.4 is 10.5 Å². The Kier molecular flexibility index (Phi) is 3.46. The minimum atomic E-state index is 0.0780. The molecule has 0 aromatic heterocycles. The average molecular weight is 221 g/mol. The summed E-state index contributed by atoms with van der Waals surface area (Å²) in [5.74, 6) is 1.29. The molecule has 0 aliphatic carbocycles. The highest BCUT2D eigenvalue weighted by atomic mass is 16.5. The number of benzene rings is 1. The molecule has 1 aliphatic rings. The van der Waals surface area contributed by atoms with E-state index in [4.69, 9.17) is 15.2 Å². The van der Waals surface area contributed by atoms with Gasteiger partial charge < -0.3 is 15.2 Å². The second kappa shape index (κ2) is 4.85. The highest BCUT2D eigenvalue weighted by Crippen LogP contribution is 2.35. The minimum Gasteiger partial charge on any atom is -0.490 e. The summed E-state index contributed by atoms with van der Waals surface area (Å²) in [6.45, 7) is 2.84. The van der Waals surface area contributed by atoms with E-state index >= 15 is 0 Å². The molecule has 1 heterocycles. The first-order valence-electron chi connectivity index (χ1n) is 5.72. The Morgan fingerprint density at radius 1 is 1.50 bits per heavy atom. The number of nitrogens with two attached hydrogens (primary N) is 1. The number of hydrogen-bond acceptors (Lipinski definition) is 3. The van der Waals surface area contributed by atoms with Crippen LogP contribution in [-0.4, -0.2) is 19.8 Å². The van der Waals surface area contributed by atoms with Crippen LogP contribution in [0.4, 0.5) is 0 Å². The molecule has 0 radical (unpaired) electrons. The summed E-state index contributed by atoms with van der Waals surface area (Å²) in [4.78, 5) is 0. The van der Waals surface area contributed by atoms with Crippen molar-refractivity contribution in [3.8, 4) is 5.75 Å². The second-order valence-electron chi connectivity index (χ2n) is 4.47. The van der Waals surface area contributed by atoms with Crippen LogP contribution in [0.3, 0.4) is 0 Å². The summed E-state index contributed by atoms with van der Waals surface area (Å²) >= 11 is 0. The van der Waals surface area contributed by atoms with Gasteiger partial charge in [0.2, 0.25) is 0 Å². The quantitative estimate of drug-likeness (QED) is 0.850. The Morgan fingerprint density at radius 2 is 2.25 bits per heavy atom. The number of hydrogen-bond donors (Lipinski definition) is 1. The summed E-state index contributed by atoms with van der Waals surface area (Å²) in [6, 6.07) is 8.09. The molecule has 1 aromatic rings. The molecular formula is C13H19NO2. The van der Waals surface area contributed by atoms with Gasteiger partial charge in [0.25, 0.3) is 0 Å². The molecule has 3 atom stereocenters. The SMILES string of the molecule is COCC(C)C1C[C@@H](N)c2ccccc2O1. The highest BCUT2D eigenvalue weighted by molar-refractivity contribution is 5.37. The molecular weight excluding hydrogens is 202 g/mol. The number of methoxy groups -OCH3 is 1. The fourth-order valence-corrected chi connectivity index (χ4v) is 2.20. The van der Waals surface area contributed by atoms with Gasteiger partial charge >= 0.3 is 0 Å². The molecule has 0 spiro atoms. The van der Waals surface area contributed by atoms with Crippen molar-refractivity contribution in [3.63, 3.8) is 0 Å². The minimum absolute atomic E-state index is 0.0780. The van der Waals surface area contributed by atoms with E-state index < -0.39 is 0 Å². The zero-order valence-electron chi connectivity index (χ0n) is 9.85. The first-order chi connectivity index (χ1) is 7.72. The van der Waals surface area contributed by atoms with Crippen LogP contribution in [0, 0.1) is 5.92 Å². The molecule has 88 valence electrons. The van der Waals surface area contributed by atoms with Gasteiger partial charge in [-0.1, -0.05) is 25.1 Å². The third-order valence-electron chi connectivity index (χ3n) is 3.15. The van der Waals surface area contributed by atoms with Crippen LogP contribution >= 0.6 is 0 Å². The summed E-state index contributed by atoms with van der Waals surface area (Å²) in [5.41, 5.74) is 7.26. The van der Waals surface area contributed by atoms with Crippen LogP contribution in [0.2, 0.25) is 0 Å². The van der Waals surface area contributed by atoms with Crippen molar-refractivity contribution >= 4 is 0 Å². The van der Waals surface area contributed by atoms with Gasteiger partial charge in [0.1, 0.15) is 11.9 Å². The lowest BCUT2D eigenvalue weighted by Gasteiger charge is -2.33. The van der Waals surface area contributed by atoms with Crippen molar-refractivity contribution in [2.75, 3.05) is 13.7 Å². The Morgan fingerprint density at radius 3 is 3.00 bits per heavy atom. The van der Waals surface area contributed by atoms with Crippen molar-refractivity contribution in [2.24, 2.45) is 11.7 Å². The zero-order valence-corrected chi connectivity index (χ0v) is 9.85. The van der Waals surface area contributed by atoms with Gasteiger partial charge in [-0.3, -0.25) is 0 Å². The van der Waals surface area contributed by atoms with Gasteiger partial charge in [-0.15, -0.1) is 0 Å². The van der Waals surface area contributed by atoms with Gasteiger partial charge in [-0.05, 0) is 6.07 Å². The Balaban J connectivity index is 2.14. The topological polar surface area (TPSA) is 44.5 Å². The molecule has 0 saturated carbocycles. The Bertz CT molecular complexity index is 354. The van der Waals surface area contributed by atoms with Gasteiger partial charge in [0.05, 0.1) is 6.61 Å². The molecule has 0 fully saturated rings. The van der Waals surface area contributed by atoms with E-state index in [2.05, 4.69) is 6.92 Å². The van der Waals surface area contributed by atoms with E-state index in [9.17, 15) is 0 Å². The molecule has 1 aliphatic heterocycles. The van der Waals surface area contributed by atoms with E-state index in [1.807, 2.05) is 24.3 Å². The average Bonchev–Trinajstić information content (AvgIpc) is 2.29. The van der Waals surface area contributed by atoms with E-state index in [1.54, 1.807) is 7.11 Å². The molecule has 0 saturated heterocycles. The van der Waals surface area contributed by atoms with Crippen molar-refractivity contribution in [2.45, 2.75) is 25.5 Å². The maximum Gasteiger partial charge on any atom is 0.124 e. The summed E-state index contributed by atoms with van der Waals surface area (Å²) < 4.78 is 11.1. The zero-order chi connectivity index (χ0) is 11.5. The van der Waals surface area contributed by atoms with Crippen LogP contribution in [0.1, 0.15) is 24.9 Å². The molecule has 3 heteroatoms. The predicted octanol–water partition coefficient (Wildman–Crippen LogP) is 2.12. The number of fused-ring (bicyclic) bond motifs is 1. The Labute approximate surface area is 96.5 Å². The molecule has 16 heavy (non-hydrogen) atoms. The molecule has 2 rings (SSSR count). The van der Waals surface area contributed by atoms with Crippen molar-refractivity contribution in [1.29, 1.82) is 0 Å². The Hall–Kier alpha value is -1.06. The van der Waals surface area contributed by atoms with Crippen LogP contribution in [0.15, 0.2) is 24.3 Å². The molecule has 2 N–H and O–H groups in total. The van der Waals surface area contributed by atoms with Gasteiger partial charge in [-0.2, -0.15) is 0 Å². The van der Waals surface area contributed by atoms with Crippen molar-refractivity contribution < 1.29 is 9.47 Å². The normalized spacial score (nSPS) is 25.7. The molecule has 0 bridgehead atoms. The van der Waals surface area contributed by atoms with Gasteiger partial charge in [0, 0.05) is 31.1 Å². The third-order valence-corrected chi connectivity index (χ3v) is 3.15. The van der Waals surface area contributed by atoms with E-state index in [0.29, 0.717) is 12.5 Å². The largest absolute Gasteiger partial charge is 0.490 e. The molecule has 3 nitrogen and oxygen atoms in total. The number of ether oxygens (including phenoxy) is 2. The summed E-state index contributed by atoms with van der Waals surface area (Å²) in [6.07, 6.45) is 1.02. The maximum atomic E-state index is 6.15. The number of para-hydroxylation sites is 1. The number of rotatable bonds is 3. The maximum absolute atomic E-state index is 6.15. The van der Waals surface area contributed by atoms with E-state index in [1.165, 1.54) is 0 Å². The lowest BCUT2D eigenvalue weighted by atomic mass is 9.91. The molecule has 1 aromatic carbocycles. The molecule has 2 unspecified atom stereocenters. The lowest BCUT2D eigenvalue weighted by molar-refractivity contribution is 0.0538. The highest BCUT2D eigenvalue weighted by Gasteiger charge is 2.29. The molecule has 0 amide bonds.